The summed E-state index contributed by atoms with van der Waals surface area (Å²) in [4.78, 5) is 8.52. The van der Waals surface area contributed by atoms with Gasteiger partial charge in [-0.25, -0.2) is 4.98 Å². The molecule has 0 unspecified atom stereocenters. The summed E-state index contributed by atoms with van der Waals surface area (Å²) in [6.45, 7) is 9.12. The lowest BCUT2D eigenvalue weighted by Gasteiger charge is -2.07. The van der Waals surface area contributed by atoms with Gasteiger partial charge in [-0.05, 0) is 32.1 Å². The highest BCUT2D eigenvalue weighted by Crippen LogP contribution is 2.00. The fourth-order valence-electron chi connectivity index (χ4n) is 1.78. The molecule has 1 aromatic rings. The first-order valence-electron chi connectivity index (χ1n) is 7.11. The van der Waals surface area contributed by atoms with Gasteiger partial charge in [0, 0.05) is 32.0 Å². The summed E-state index contributed by atoms with van der Waals surface area (Å²) in [5, 5.41) is 3.14. The monoisotopic (exact) mass is 393 g/mol. The zero-order chi connectivity index (χ0) is 14.1. The van der Waals surface area contributed by atoms with Crippen molar-refractivity contribution in [2.75, 3.05) is 13.1 Å². The van der Waals surface area contributed by atoms with E-state index in [1.165, 1.54) is 0 Å². The van der Waals surface area contributed by atoms with Crippen LogP contribution in [-0.4, -0.2) is 28.6 Å². The SMILES string of the molecule is Cc1nccn1CCCCN=C(N)NCCC(C)C.I. The summed E-state index contributed by atoms with van der Waals surface area (Å²) in [7, 11) is 0. The zero-order valence-corrected chi connectivity index (χ0v) is 15.1. The van der Waals surface area contributed by atoms with Gasteiger partial charge in [0.05, 0.1) is 0 Å². The Morgan fingerprint density at radius 2 is 2.20 bits per heavy atom. The Bertz CT molecular complexity index is 387. The Morgan fingerprint density at radius 1 is 1.45 bits per heavy atom. The number of unbranched alkanes of at least 4 members (excludes halogenated alkanes) is 1. The van der Waals surface area contributed by atoms with Crippen molar-refractivity contribution in [3.05, 3.63) is 18.2 Å². The summed E-state index contributed by atoms with van der Waals surface area (Å²) in [5.74, 6) is 2.33. The van der Waals surface area contributed by atoms with E-state index in [1.807, 2.05) is 19.3 Å². The molecule has 1 heterocycles. The lowest BCUT2D eigenvalue weighted by atomic mass is 10.1. The molecule has 0 saturated carbocycles. The summed E-state index contributed by atoms with van der Waals surface area (Å²) in [5.41, 5.74) is 5.78. The predicted molar refractivity (Wildman–Crippen MR) is 95.6 cm³/mol. The van der Waals surface area contributed by atoms with Crippen molar-refractivity contribution in [1.82, 2.24) is 14.9 Å². The normalized spacial score (nSPS) is 11.5. The molecule has 0 fully saturated rings. The number of aliphatic imine (C=N–C) groups is 1. The van der Waals surface area contributed by atoms with Crippen molar-refractivity contribution in [2.45, 2.75) is 46.6 Å². The van der Waals surface area contributed by atoms with Crippen molar-refractivity contribution < 1.29 is 0 Å². The number of nitrogens with zero attached hydrogens (tertiary/aromatic N) is 3. The third-order valence-corrected chi connectivity index (χ3v) is 3.04. The van der Waals surface area contributed by atoms with Crippen molar-refractivity contribution in [3.8, 4) is 0 Å². The Balaban J connectivity index is 0.00000361. The molecule has 0 aliphatic heterocycles. The maximum absolute atomic E-state index is 5.78. The Kier molecular flexibility index (Phi) is 10.5. The van der Waals surface area contributed by atoms with E-state index in [0.717, 1.165) is 44.7 Å². The molecule has 116 valence electrons. The molecule has 1 rings (SSSR count). The molecule has 0 aliphatic carbocycles. The topological polar surface area (TPSA) is 68.2 Å². The zero-order valence-electron chi connectivity index (χ0n) is 12.8. The van der Waals surface area contributed by atoms with Gasteiger partial charge in [0.25, 0.3) is 0 Å². The molecule has 0 aromatic carbocycles. The number of hydrogen-bond acceptors (Lipinski definition) is 2. The van der Waals surface area contributed by atoms with Crippen LogP contribution < -0.4 is 11.1 Å². The van der Waals surface area contributed by atoms with Crippen LogP contribution in [0.1, 0.15) is 38.9 Å². The van der Waals surface area contributed by atoms with Crippen LogP contribution in [0.5, 0.6) is 0 Å². The van der Waals surface area contributed by atoms with E-state index in [0.29, 0.717) is 11.9 Å². The van der Waals surface area contributed by atoms with Gasteiger partial charge in [0.2, 0.25) is 0 Å². The fraction of sp³-hybridized carbons (Fsp3) is 0.714. The van der Waals surface area contributed by atoms with Gasteiger partial charge in [0.15, 0.2) is 5.96 Å². The fourth-order valence-corrected chi connectivity index (χ4v) is 1.78. The number of imidazole rings is 1. The number of hydrogen-bond donors (Lipinski definition) is 2. The average Bonchev–Trinajstić information content (AvgIpc) is 2.74. The van der Waals surface area contributed by atoms with Crippen LogP contribution in [0.15, 0.2) is 17.4 Å². The van der Waals surface area contributed by atoms with Crippen LogP contribution in [0.3, 0.4) is 0 Å². The first-order chi connectivity index (χ1) is 9.09. The van der Waals surface area contributed by atoms with Gasteiger partial charge in [-0.15, -0.1) is 24.0 Å². The van der Waals surface area contributed by atoms with E-state index in [2.05, 4.69) is 33.7 Å². The maximum Gasteiger partial charge on any atom is 0.188 e. The molecule has 0 atom stereocenters. The molecule has 0 aliphatic rings. The summed E-state index contributed by atoms with van der Waals surface area (Å²) >= 11 is 0. The molecule has 0 radical (unpaired) electrons. The predicted octanol–water partition coefficient (Wildman–Crippen LogP) is 2.54. The van der Waals surface area contributed by atoms with Crippen LogP contribution in [0.4, 0.5) is 0 Å². The molecular formula is C14H28IN5. The largest absolute Gasteiger partial charge is 0.370 e. The van der Waals surface area contributed by atoms with Crippen LogP contribution in [-0.2, 0) is 6.54 Å². The minimum Gasteiger partial charge on any atom is -0.370 e. The Hall–Kier alpha value is -0.790. The number of aryl methyl sites for hydroxylation is 2. The number of guanidine groups is 1. The van der Waals surface area contributed by atoms with Gasteiger partial charge in [0.1, 0.15) is 5.82 Å². The summed E-state index contributed by atoms with van der Waals surface area (Å²) in [6.07, 6.45) is 7.12. The smallest absolute Gasteiger partial charge is 0.188 e. The number of nitrogens with one attached hydrogen (secondary N) is 1. The molecule has 5 nitrogen and oxygen atoms in total. The average molecular weight is 393 g/mol. The molecular weight excluding hydrogens is 365 g/mol. The quantitative estimate of drug-likeness (QED) is 0.309. The van der Waals surface area contributed by atoms with Gasteiger partial charge in [-0.1, -0.05) is 13.8 Å². The van der Waals surface area contributed by atoms with Crippen LogP contribution in [0.25, 0.3) is 0 Å². The molecule has 20 heavy (non-hydrogen) atoms. The second-order valence-corrected chi connectivity index (χ2v) is 5.25. The van der Waals surface area contributed by atoms with Crippen LogP contribution in [0.2, 0.25) is 0 Å². The first kappa shape index (κ1) is 19.2. The third-order valence-electron chi connectivity index (χ3n) is 3.04. The Morgan fingerprint density at radius 3 is 2.80 bits per heavy atom. The second-order valence-electron chi connectivity index (χ2n) is 5.25. The van der Waals surface area contributed by atoms with Crippen molar-refractivity contribution in [1.29, 1.82) is 0 Å². The van der Waals surface area contributed by atoms with Gasteiger partial charge in [-0.3, -0.25) is 4.99 Å². The summed E-state index contributed by atoms with van der Waals surface area (Å²) in [6, 6.07) is 0. The highest BCUT2D eigenvalue weighted by atomic mass is 127. The van der Waals surface area contributed by atoms with Crippen LogP contribution in [0, 0.1) is 12.8 Å². The number of nitrogens with two attached hydrogens (primary N) is 1. The van der Waals surface area contributed by atoms with E-state index in [9.17, 15) is 0 Å². The lowest BCUT2D eigenvalue weighted by Crippen LogP contribution is -2.33. The number of rotatable bonds is 8. The molecule has 6 heteroatoms. The second kappa shape index (κ2) is 10.9. The van der Waals surface area contributed by atoms with Crippen molar-refractivity contribution in [2.24, 2.45) is 16.6 Å². The third kappa shape index (κ3) is 8.39. The van der Waals surface area contributed by atoms with Crippen molar-refractivity contribution >= 4 is 29.9 Å². The van der Waals surface area contributed by atoms with E-state index in [-0.39, 0.29) is 24.0 Å². The minimum atomic E-state index is 0. The molecule has 0 bridgehead atoms. The highest BCUT2D eigenvalue weighted by molar-refractivity contribution is 14.0. The number of halogens is 1. The molecule has 3 N–H and O–H groups in total. The van der Waals surface area contributed by atoms with E-state index < -0.39 is 0 Å². The van der Waals surface area contributed by atoms with Crippen molar-refractivity contribution in [3.63, 3.8) is 0 Å². The number of aromatic nitrogens is 2. The first-order valence-corrected chi connectivity index (χ1v) is 7.11. The van der Waals surface area contributed by atoms with Gasteiger partial charge in [-0.2, -0.15) is 0 Å². The maximum atomic E-state index is 5.78. The molecule has 0 amide bonds. The highest BCUT2D eigenvalue weighted by Gasteiger charge is 1.97. The lowest BCUT2D eigenvalue weighted by molar-refractivity contribution is 0.575. The van der Waals surface area contributed by atoms with Gasteiger partial charge >= 0.3 is 0 Å². The van der Waals surface area contributed by atoms with Crippen LogP contribution >= 0.6 is 24.0 Å². The molecule has 0 spiro atoms. The Labute approximate surface area is 139 Å². The van der Waals surface area contributed by atoms with Gasteiger partial charge < -0.3 is 15.6 Å². The minimum absolute atomic E-state index is 0. The molecule has 0 saturated heterocycles. The standard InChI is InChI=1S/C14H27N5.HI/c1-12(2)6-8-18-14(15)17-7-4-5-10-19-11-9-16-13(19)3;/h9,11-12H,4-8,10H2,1-3H3,(H3,15,17,18);1H. The molecule has 1 aromatic heterocycles. The van der Waals surface area contributed by atoms with E-state index in [4.69, 9.17) is 5.73 Å². The van der Waals surface area contributed by atoms with E-state index >= 15 is 0 Å². The van der Waals surface area contributed by atoms with E-state index in [1.54, 1.807) is 0 Å². The summed E-state index contributed by atoms with van der Waals surface area (Å²) < 4.78 is 2.16.